The number of aromatic nitrogens is 1. The smallest absolute Gasteiger partial charge is 0.280 e. The van der Waals surface area contributed by atoms with E-state index in [1.807, 2.05) is 5.01 Å². The standard InChI is InChI=1S/C19H17N5O6S3/c25-16(21-18-20-3-8-32-18)11-30-14-2-1-13(24(27)28)9-12(14)10-15-17(26)23(19(31)33-15)22-4-6-29-7-5-22/h1-3,8-10H,4-7,11H2,(H,20,21,25). The van der Waals surface area contributed by atoms with Gasteiger partial charge in [0.1, 0.15) is 5.75 Å². The highest BCUT2D eigenvalue weighted by molar-refractivity contribution is 8.26. The van der Waals surface area contributed by atoms with Crippen LogP contribution in [0.4, 0.5) is 10.8 Å². The number of non-ortho nitro benzene ring substituents is 1. The molecule has 0 radical (unpaired) electrons. The number of nitro benzene ring substituents is 1. The summed E-state index contributed by atoms with van der Waals surface area (Å²) in [4.78, 5) is 40.1. The minimum absolute atomic E-state index is 0.176. The van der Waals surface area contributed by atoms with Crippen molar-refractivity contribution in [2.75, 3.05) is 38.2 Å². The van der Waals surface area contributed by atoms with Gasteiger partial charge < -0.3 is 9.47 Å². The third kappa shape index (κ3) is 5.54. The van der Waals surface area contributed by atoms with Crippen molar-refractivity contribution in [3.63, 3.8) is 0 Å². The van der Waals surface area contributed by atoms with Crippen LogP contribution in [0.1, 0.15) is 5.56 Å². The Labute approximate surface area is 201 Å². The number of benzene rings is 1. The van der Waals surface area contributed by atoms with E-state index in [2.05, 4.69) is 10.3 Å². The Morgan fingerprint density at radius 3 is 2.88 bits per heavy atom. The molecule has 1 N–H and O–H groups in total. The van der Waals surface area contributed by atoms with E-state index in [0.717, 1.165) is 11.8 Å². The van der Waals surface area contributed by atoms with E-state index in [-0.39, 0.29) is 29.5 Å². The molecule has 0 saturated carbocycles. The van der Waals surface area contributed by atoms with Crippen LogP contribution in [0.25, 0.3) is 6.08 Å². The first kappa shape index (κ1) is 23.3. The number of amides is 2. The zero-order valence-corrected chi connectivity index (χ0v) is 19.4. The fraction of sp³-hybridized carbons (Fsp3) is 0.263. The second kappa shape index (κ2) is 10.4. The van der Waals surface area contributed by atoms with Crippen LogP contribution in [0, 0.1) is 10.1 Å². The lowest BCUT2D eigenvalue weighted by atomic mass is 10.1. The predicted molar refractivity (Wildman–Crippen MR) is 127 cm³/mol. The maximum atomic E-state index is 13.0. The van der Waals surface area contributed by atoms with Crippen LogP contribution >= 0.6 is 35.3 Å². The molecular formula is C19H17N5O6S3. The Bertz CT molecular complexity index is 1120. The number of thiocarbonyl (C=S) groups is 1. The zero-order valence-electron chi connectivity index (χ0n) is 17.0. The molecule has 2 amide bonds. The molecule has 33 heavy (non-hydrogen) atoms. The van der Waals surface area contributed by atoms with Gasteiger partial charge in [-0.2, -0.15) is 0 Å². The number of hydrazine groups is 1. The third-order valence-corrected chi connectivity index (χ3v) is 6.54. The van der Waals surface area contributed by atoms with Gasteiger partial charge in [-0.3, -0.25) is 25.0 Å². The molecule has 11 nitrogen and oxygen atoms in total. The van der Waals surface area contributed by atoms with Crippen molar-refractivity contribution in [1.82, 2.24) is 15.0 Å². The summed E-state index contributed by atoms with van der Waals surface area (Å²) in [5.74, 6) is -0.551. The Morgan fingerprint density at radius 2 is 2.18 bits per heavy atom. The lowest BCUT2D eigenvalue weighted by Crippen LogP contribution is -2.50. The molecule has 1 aromatic carbocycles. The van der Waals surface area contributed by atoms with Gasteiger partial charge in [0, 0.05) is 42.4 Å². The molecule has 0 spiro atoms. The van der Waals surface area contributed by atoms with Gasteiger partial charge in [0.25, 0.3) is 17.5 Å². The Hall–Kier alpha value is -2.91. The SMILES string of the molecule is O=C(COc1ccc([N+](=O)[O-])cc1C=C1SC(=S)N(N2CCOCC2)C1=O)Nc1nccs1. The minimum Gasteiger partial charge on any atom is -0.483 e. The monoisotopic (exact) mass is 507 g/mol. The van der Waals surface area contributed by atoms with Crippen molar-refractivity contribution >= 4 is 68.3 Å². The zero-order chi connectivity index (χ0) is 23.4. The van der Waals surface area contributed by atoms with Gasteiger partial charge in [-0.05, 0) is 12.1 Å². The maximum absolute atomic E-state index is 13.0. The number of hydrogen-bond donors (Lipinski definition) is 1. The number of morpholine rings is 1. The Morgan fingerprint density at radius 1 is 1.39 bits per heavy atom. The maximum Gasteiger partial charge on any atom is 0.280 e. The molecule has 0 aliphatic carbocycles. The van der Waals surface area contributed by atoms with Crippen molar-refractivity contribution in [2.45, 2.75) is 0 Å². The van der Waals surface area contributed by atoms with E-state index >= 15 is 0 Å². The summed E-state index contributed by atoms with van der Waals surface area (Å²) in [6.07, 6.45) is 3.05. The first-order valence-corrected chi connectivity index (χ1v) is 11.7. The summed E-state index contributed by atoms with van der Waals surface area (Å²) >= 11 is 7.74. The topological polar surface area (TPSA) is 127 Å². The van der Waals surface area contributed by atoms with Crippen LogP contribution in [-0.2, 0) is 14.3 Å². The molecule has 0 bridgehead atoms. The number of ether oxygens (including phenoxy) is 2. The van der Waals surface area contributed by atoms with Gasteiger partial charge in [-0.1, -0.05) is 24.0 Å². The van der Waals surface area contributed by atoms with Crippen molar-refractivity contribution < 1.29 is 24.0 Å². The first-order valence-electron chi connectivity index (χ1n) is 9.63. The molecule has 2 fully saturated rings. The van der Waals surface area contributed by atoms with Crippen molar-refractivity contribution in [3.8, 4) is 5.75 Å². The quantitative estimate of drug-likeness (QED) is 0.258. The summed E-state index contributed by atoms with van der Waals surface area (Å²) in [5, 5.41) is 19.3. The van der Waals surface area contributed by atoms with Crippen LogP contribution in [-0.4, -0.2) is 69.0 Å². The third-order valence-electron chi connectivity index (χ3n) is 4.57. The van der Waals surface area contributed by atoms with Gasteiger partial charge in [-0.15, -0.1) is 11.3 Å². The number of rotatable bonds is 7. The lowest BCUT2D eigenvalue weighted by molar-refractivity contribution is -0.384. The molecule has 2 saturated heterocycles. The molecule has 2 aromatic rings. The number of carbonyl (C=O) groups is 2. The van der Waals surface area contributed by atoms with Crippen LogP contribution in [0.5, 0.6) is 5.75 Å². The average molecular weight is 508 g/mol. The van der Waals surface area contributed by atoms with Gasteiger partial charge in [-0.25, -0.2) is 15.0 Å². The summed E-state index contributed by atoms with van der Waals surface area (Å²) in [6.45, 7) is 1.69. The van der Waals surface area contributed by atoms with Gasteiger partial charge in [0.15, 0.2) is 16.1 Å². The lowest BCUT2D eigenvalue weighted by Gasteiger charge is -2.33. The summed E-state index contributed by atoms with van der Waals surface area (Å²) < 4.78 is 11.3. The fourth-order valence-electron chi connectivity index (χ4n) is 3.08. The molecule has 1 aromatic heterocycles. The van der Waals surface area contributed by atoms with Gasteiger partial charge in [0.2, 0.25) is 0 Å². The van der Waals surface area contributed by atoms with Gasteiger partial charge in [0.05, 0.1) is 23.0 Å². The normalized spacial score (nSPS) is 18.1. The molecule has 0 unspecified atom stereocenters. The molecule has 0 atom stereocenters. The van der Waals surface area contributed by atoms with Crippen LogP contribution < -0.4 is 10.1 Å². The minimum atomic E-state index is -0.546. The van der Waals surface area contributed by atoms with E-state index < -0.39 is 10.8 Å². The highest BCUT2D eigenvalue weighted by atomic mass is 32.2. The highest BCUT2D eigenvalue weighted by Gasteiger charge is 2.37. The Kier molecular flexibility index (Phi) is 7.29. The summed E-state index contributed by atoms with van der Waals surface area (Å²) in [6, 6.07) is 3.95. The molecular weight excluding hydrogens is 490 g/mol. The summed E-state index contributed by atoms with van der Waals surface area (Å²) in [5.41, 5.74) is 0.109. The Balaban J connectivity index is 1.55. The predicted octanol–water partition coefficient (Wildman–Crippen LogP) is 2.52. The van der Waals surface area contributed by atoms with E-state index in [1.165, 1.54) is 40.6 Å². The molecule has 2 aliphatic rings. The number of anilines is 1. The van der Waals surface area contributed by atoms with E-state index in [4.69, 9.17) is 21.7 Å². The van der Waals surface area contributed by atoms with Crippen molar-refractivity contribution in [2.24, 2.45) is 0 Å². The highest BCUT2D eigenvalue weighted by Crippen LogP contribution is 2.36. The van der Waals surface area contributed by atoms with E-state index in [9.17, 15) is 19.7 Å². The molecule has 2 aliphatic heterocycles. The van der Waals surface area contributed by atoms with Crippen LogP contribution in [0.2, 0.25) is 0 Å². The average Bonchev–Trinajstić information content (AvgIpc) is 3.40. The second-order valence-electron chi connectivity index (χ2n) is 6.71. The molecule has 14 heteroatoms. The van der Waals surface area contributed by atoms with Gasteiger partial charge >= 0.3 is 0 Å². The number of carbonyl (C=O) groups excluding carboxylic acids is 2. The molecule has 172 valence electrons. The fourth-order valence-corrected chi connectivity index (χ4v) is 4.92. The summed E-state index contributed by atoms with van der Waals surface area (Å²) in [7, 11) is 0. The second-order valence-corrected chi connectivity index (χ2v) is 9.28. The molecule has 3 heterocycles. The van der Waals surface area contributed by atoms with Crippen LogP contribution in [0.15, 0.2) is 34.7 Å². The number of nitro groups is 1. The first-order chi connectivity index (χ1) is 15.9. The number of thiazole rings is 1. The van der Waals surface area contributed by atoms with Crippen LogP contribution in [0.3, 0.4) is 0 Å². The molecule has 4 rings (SSSR count). The number of hydrogen-bond acceptors (Lipinski definition) is 11. The van der Waals surface area contributed by atoms with Crippen molar-refractivity contribution in [3.05, 3.63) is 50.4 Å². The number of thioether (sulfide) groups is 1. The van der Waals surface area contributed by atoms with Crippen molar-refractivity contribution in [1.29, 1.82) is 0 Å². The number of nitrogens with zero attached hydrogens (tertiary/aromatic N) is 4. The number of nitrogens with one attached hydrogen (secondary N) is 1. The van der Waals surface area contributed by atoms with E-state index in [0.29, 0.717) is 40.7 Å². The largest absolute Gasteiger partial charge is 0.483 e. The van der Waals surface area contributed by atoms with E-state index in [1.54, 1.807) is 11.6 Å².